The number of nitrogens with zero attached hydrogens (tertiary/aromatic N) is 2. The Morgan fingerprint density at radius 3 is 2.77 bits per heavy atom. The van der Waals surface area contributed by atoms with Crippen molar-refractivity contribution in [2.75, 3.05) is 45.2 Å². The summed E-state index contributed by atoms with van der Waals surface area (Å²) >= 11 is 0. The van der Waals surface area contributed by atoms with E-state index in [0.29, 0.717) is 12.6 Å². The number of anilines is 1. The molecule has 1 atom stereocenters. The van der Waals surface area contributed by atoms with Gasteiger partial charge < -0.3 is 20.1 Å². The van der Waals surface area contributed by atoms with Crippen LogP contribution in [0.3, 0.4) is 0 Å². The van der Waals surface area contributed by atoms with Gasteiger partial charge in [-0.3, -0.25) is 9.89 Å². The number of likely N-dealkylation sites (tertiary alicyclic amines) is 1. The molecule has 146 valence electrons. The van der Waals surface area contributed by atoms with Gasteiger partial charge in [0.15, 0.2) is 17.5 Å². The summed E-state index contributed by atoms with van der Waals surface area (Å²) in [6, 6.07) is 6.39. The zero-order valence-electron chi connectivity index (χ0n) is 16.7. The fourth-order valence-corrected chi connectivity index (χ4v) is 3.34. The number of rotatable bonds is 8. The van der Waals surface area contributed by atoms with Crippen molar-refractivity contribution in [3.63, 3.8) is 0 Å². The second-order valence-electron chi connectivity index (χ2n) is 6.42. The minimum atomic E-state index is 0.541. The molecule has 1 heterocycles. The lowest BCUT2D eigenvalue weighted by Crippen LogP contribution is -2.42. The molecule has 0 saturated carbocycles. The standard InChI is InChI=1S/C20H34N4O2/c1-5-21-20(22-15-17-10-8-9-13-24(17)6-2)23-16-11-12-18(26-7-3)19(14-16)25-4/h11-12,14,17H,5-10,13,15H2,1-4H3,(H2,21,22,23). The number of ether oxygens (including phenoxy) is 2. The van der Waals surface area contributed by atoms with E-state index < -0.39 is 0 Å². The molecule has 1 aromatic rings. The predicted octanol–water partition coefficient (Wildman–Crippen LogP) is 3.35. The lowest BCUT2D eigenvalue weighted by Gasteiger charge is -2.34. The van der Waals surface area contributed by atoms with Crippen molar-refractivity contribution in [3.05, 3.63) is 18.2 Å². The summed E-state index contributed by atoms with van der Waals surface area (Å²) in [6.45, 7) is 10.8. The molecule has 0 amide bonds. The van der Waals surface area contributed by atoms with E-state index in [4.69, 9.17) is 14.5 Å². The molecule has 1 aliphatic heterocycles. The van der Waals surface area contributed by atoms with E-state index in [1.807, 2.05) is 25.1 Å². The fraction of sp³-hybridized carbons (Fsp3) is 0.650. The van der Waals surface area contributed by atoms with Gasteiger partial charge in [-0.1, -0.05) is 13.3 Å². The fourth-order valence-electron chi connectivity index (χ4n) is 3.34. The molecular weight excluding hydrogens is 328 g/mol. The van der Waals surface area contributed by atoms with Crippen LogP contribution < -0.4 is 20.1 Å². The molecule has 1 saturated heterocycles. The highest BCUT2D eigenvalue weighted by atomic mass is 16.5. The van der Waals surface area contributed by atoms with Crippen LogP contribution >= 0.6 is 0 Å². The van der Waals surface area contributed by atoms with Gasteiger partial charge in [0.2, 0.25) is 0 Å². The van der Waals surface area contributed by atoms with Crippen LogP contribution in [0, 0.1) is 0 Å². The van der Waals surface area contributed by atoms with Crippen LogP contribution in [0.15, 0.2) is 23.2 Å². The third-order valence-electron chi connectivity index (χ3n) is 4.69. The molecule has 0 spiro atoms. The summed E-state index contributed by atoms with van der Waals surface area (Å²) in [4.78, 5) is 7.36. The van der Waals surface area contributed by atoms with Crippen molar-refractivity contribution in [2.24, 2.45) is 4.99 Å². The number of piperidine rings is 1. The summed E-state index contributed by atoms with van der Waals surface area (Å²) < 4.78 is 11.0. The van der Waals surface area contributed by atoms with Gasteiger partial charge in [0.1, 0.15) is 0 Å². The summed E-state index contributed by atoms with van der Waals surface area (Å²) in [7, 11) is 1.66. The van der Waals surface area contributed by atoms with Crippen molar-refractivity contribution < 1.29 is 9.47 Å². The Balaban J connectivity index is 2.06. The van der Waals surface area contributed by atoms with E-state index in [0.717, 1.165) is 42.8 Å². The highest BCUT2D eigenvalue weighted by Crippen LogP contribution is 2.30. The molecule has 6 nitrogen and oxygen atoms in total. The van der Waals surface area contributed by atoms with E-state index in [9.17, 15) is 0 Å². The molecule has 1 aromatic carbocycles. The number of hydrogen-bond donors (Lipinski definition) is 2. The van der Waals surface area contributed by atoms with Gasteiger partial charge in [0.25, 0.3) is 0 Å². The van der Waals surface area contributed by atoms with E-state index in [1.54, 1.807) is 7.11 Å². The van der Waals surface area contributed by atoms with Gasteiger partial charge in [-0.2, -0.15) is 0 Å². The van der Waals surface area contributed by atoms with Crippen LogP contribution in [-0.2, 0) is 0 Å². The van der Waals surface area contributed by atoms with Crippen LogP contribution in [0.5, 0.6) is 11.5 Å². The molecule has 1 fully saturated rings. The Kier molecular flexibility index (Phi) is 8.54. The average molecular weight is 363 g/mol. The molecule has 1 unspecified atom stereocenters. The van der Waals surface area contributed by atoms with Crippen LogP contribution in [0.4, 0.5) is 5.69 Å². The van der Waals surface area contributed by atoms with E-state index in [-0.39, 0.29) is 0 Å². The minimum absolute atomic E-state index is 0.541. The molecule has 6 heteroatoms. The maximum atomic E-state index is 5.58. The summed E-state index contributed by atoms with van der Waals surface area (Å²) in [6.07, 6.45) is 3.84. The summed E-state index contributed by atoms with van der Waals surface area (Å²) in [5.41, 5.74) is 0.931. The lowest BCUT2D eigenvalue weighted by molar-refractivity contribution is 0.161. The van der Waals surface area contributed by atoms with Gasteiger partial charge in [0.05, 0.1) is 20.3 Å². The van der Waals surface area contributed by atoms with Gasteiger partial charge in [-0.25, -0.2) is 0 Å². The number of likely N-dealkylation sites (N-methyl/N-ethyl adjacent to an activating group) is 1. The maximum Gasteiger partial charge on any atom is 0.195 e. The molecular formula is C20H34N4O2. The van der Waals surface area contributed by atoms with Crippen molar-refractivity contribution >= 4 is 11.6 Å². The first-order valence-corrected chi connectivity index (χ1v) is 9.82. The van der Waals surface area contributed by atoms with E-state index in [1.165, 1.54) is 25.8 Å². The van der Waals surface area contributed by atoms with Gasteiger partial charge in [0, 0.05) is 24.3 Å². The average Bonchev–Trinajstić information content (AvgIpc) is 2.67. The third kappa shape index (κ3) is 5.80. The smallest absolute Gasteiger partial charge is 0.195 e. The minimum Gasteiger partial charge on any atom is -0.493 e. The van der Waals surface area contributed by atoms with Crippen molar-refractivity contribution in [1.29, 1.82) is 0 Å². The first-order valence-electron chi connectivity index (χ1n) is 9.82. The number of hydrogen-bond acceptors (Lipinski definition) is 4. The third-order valence-corrected chi connectivity index (χ3v) is 4.69. The Bertz CT molecular complexity index is 577. The van der Waals surface area contributed by atoms with Crippen molar-refractivity contribution in [2.45, 2.75) is 46.1 Å². The molecule has 0 radical (unpaired) electrons. The normalized spacial score (nSPS) is 18.5. The Hall–Kier alpha value is -1.95. The van der Waals surface area contributed by atoms with Gasteiger partial charge >= 0.3 is 0 Å². The first-order chi connectivity index (χ1) is 12.7. The van der Waals surface area contributed by atoms with Crippen LogP contribution in [-0.4, -0.2) is 56.8 Å². The Labute approximate surface area is 158 Å². The molecule has 26 heavy (non-hydrogen) atoms. The zero-order chi connectivity index (χ0) is 18.8. The Morgan fingerprint density at radius 2 is 2.08 bits per heavy atom. The highest BCUT2D eigenvalue weighted by Gasteiger charge is 2.20. The predicted molar refractivity (Wildman–Crippen MR) is 109 cm³/mol. The van der Waals surface area contributed by atoms with Gasteiger partial charge in [-0.05, 0) is 51.9 Å². The van der Waals surface area contributed by atoms with E-state index in [2.05, 4.69) is 29.4 Å². The number of aliphatic imine (C=N–C) groups is 1. The number of benzene rings is 1. The van der Waals surface area contributed by atoms with Crippen LogP contribution in [0.25, 0.3) is 0 Å². The quantitative estimate of drug-likeness (QED) is 0.549. The lowest BCUT2D eigenvalue weighted by atomic mass is 10.0. The SMILES string of the molecule is CCNC(=NCC1CCCCN1CC)Nc1ccc(OCC)c(OC)c1. The van der Waals surface area contributed by atoms with Crippen molar-refractivity contribution in [3.8, 4) is 11.5 Å². The second kappa shape index (κ2) is 10.9. The largest absolute Gasteiger partial charge is 0.493 e. The highest BCUT2D eigenvalue weighted by molar-refractivity contribution is 5.93. The topological polar surface area (TPSA) is 58.1 Å². The zero-order valence-corrected chi connectivity index (χ0v) is 16.7. The number of methoxy groups -OCH3 is 1. The van der Waals surface area contributed by atoms with Crippen LogP contribution in [0.1, 0.15) is 40.0 Å². The molecule has 1 aliphatic rings. The first kappa shape index (κ1) is 20.4. The second-order valence-corrected chi connectivity index (χ2v) is 6.42. The van der Waals surface area contributed by atoms with Crippen molar-refractivity contribution in [1.82, 2.24) is 10.2 Å². The molecule has 0 aliphatic carbocycles. The summed E-state index contributed by atoms with van der Waals surface area (Å²) in [5, 5.41) is 6.71. The molecule has 2 rings (SSSR count). The Morgan fingerprint density at radius 1 is 1.23 bits per heavy atom. The van der Waals surface area contributed by atoms with Crippen LogP contribution in [0.2, 0.25) is 0 Å². The molecule has 0 aromatic heterocycles. The number of guanidine groups is 1. The number of nitrogens with one attached hydrogen (secondary N) is 2. The maximum absolute atomic E-state index is 5.58. The van der Waals surface area contributed by atoms with E-state index >= 15 is 0 Å². The van der Waals surface area contributed by atoms with Gasteiger partial charge in [-0.15, -0.1) is 0 Å². The molecule has 2 N–H and O–H groups in total. The summed E-state index contributed by atoms with van der Waals surface area (Å²) in [5.74, 6) is 2.28. The molecule has 0 bridgehead atoms. The monoisotopic (exact) mass is 362 g/mol.